The van der Waals surface area contributed by atoms with Crippen molar-refractivity contribution in [2.75, 3.05) is 0 Å². The first-order valence-electron chi connectivity index (χ1n) is 9.13. The van der Waals surface area contributed by atoms with Crippen molar-refractivity contribution in [3.63, 3.8) is 0 Å². The van der Waals surface area contributed by atoms with Gasteiger partial charge < -0.3 is 0 Å². The first-order valence-corrected chi connectivity index (χ1v) is 9.13. The molecule has 1 aromatic heterocycles. The average molecular weight is 364 g/mol. The number of aromatic nitrogens is 1. The second-order valence-corrected chi connectivity index (χ2v) is 6.77. The van der Waals surface area contributed by atoms with Crippen molar-refractivity contribution in [2.24, 2.45) is 0 Å². The molecule has 1 heterocycles. The van der Waals surface area contributed by atoms with E-state index in [-0.39, 0.29) is 0 Å². The lowest BCUT2D eigenvalue weighted by atomic mass is 9.98. The molecule has 0 atom stereocenters. The molecule has 1 aliphatic rings. The lowest BCUT2D eigenvalue weighted by Gasteiger charge is -2.07. The first kappa shape index (κ1) is 20.8. The van der Waals surface area contributed by atoms with E-state index in [1.54, 1.807) is 6.20 Å². The van der Waals surface area contributed by atoms with Crippen LogP contribution in [0.4, 0.5) is 0 Å². The summed E-state index contributed by atoms with van der Waals surface area (Å²) in [5.41, 5.74) is 7.00. The van der Waals surface area contributed by atoms with E-state index in [0.717, 1.165) is 29.6 Å². The van der Waals surface area contributed by atoms with Crippen LogP contribution in [0.1, 0.15) is 37.9 Å². The zero-order valence-corrected chi connectivity index (χ0v) is 16.7. The largest absolute Gasteiger partial charge is 0.255 e. The van der Waals surface area contributed by atoms with Crippen molar-refractivity contribution in [2.45, 2.75) is 26.7 Å². The number of allylic oxidation sites excluding steroid dienone is 10. The minimum atomic E-state index is 0.659. The van der Waals surface area contributed by atoms with E-state index in [0.29, 0.717) is 22.4 Å². The highest BCUT2D eigenvalue weighted by molar-refractivity contribution is 5.88. The Bertz CT molecular complexity index is 1050. The molecule has 0 fully saturated rings. The normalized spacial score (nSPS) is 12.6. The summed E-state index contributed by atoms with van der Waals surface area (Å²) in [4.78, 5) is 4.45. The Kier molecular flexibility index (Phi) is 7.38. The Morgan fingerprint density at radius 1 is 1.00 bits per heavy atom. The maximum absolute atomic E-state index is 4.45. The van der Waals surface area contributed by atoms with E-state index in [1.807, 2.05) is 31.2 Å². The SMILES string of the molecule is C=C(C)/C=C\C(=C)C#CC(=C)c1cccnc1C(=C)C#CC1=CC=C(C)CC1. The molecule has 1 nitrogen and oxygen atoms in total. The maximum atomic E-state index is 4.45. The number of hydrogen-bond acceptors (Lipinski definition) is 1. The molecule has 1 heteroatoms. The van der Waals surface area contributed by atoms with Crippen LogP contribution >= 0.6 is 0 Å². The van der Waals surface area contributed by atoms with E-state index in [4.69, 9.17) is 0 Å². The first-order chi connectivity index (χ1) is 13.4. The molecular weight excluding hydrogens is 338 g/mol. The third-order valence-corrected chi connectivity index (χ3v) is 4.09. The molecule has 138 valence electrons. The van der Waals surface area contributed by atoms with Gasteiger partial charge in [0, 0.05) is 34.1 Å². The Hall–Kier alpha value is -3.55. The summed E-state index contributed by atoms with van der Waals surface area (Å²) in [6.45, 7) is 20.0. The summed E-state index contributed by atoms with van der Waals surface area (Å²) in [5.74, 6) is 12.4. The van der Waals surface area contributed by atoms with Crippen LogP contribution in [-0.2, 0) is 0 Å². The molecular formula is C27H25N. The highest BCUT2D eigenvalue weighted by Crippen LogP contribution is 2.22. The number of pyridine rings is 1. The van der Waals surface area contributed by atoms with Crippen molar-refractivity contribution >= 4 is 11.1 Å². The third kappa shape index (κ3) is 6.31. The second-order valence-electron chi connectivity index (χ2n) is 6.77. The smallest absolute Gasteiger partial charge is 0.0864 e. The van der Waals surface area contributed by atoms with Gasteiger partial charge in [0.2, 0.25) is 0 Å². The van der Waals surface area contributed by atoms with Gasteiger partial charge in [-0.05, 0) is 38.8 Å². The Morgan fingerprint density at radius 3 is 2.46 bits per heavy atom. The molecule has 0 unspecified atom stereocenters. The molecule has 0 aliphatic heterocycles. The van der Waals surface area contributed by atoms with Crippen LogP contribution in [0.15, 0.2) is 91.2 Å². The van der Waals surface area contributed by atoms with Gasteiger partial charge >= 0.3 is 0 Å². The summed E-state index contributed by atoms with van der Waals surface area (Å²) < 4.78 is 0. The molecule has 0 bridgehead atoms. The van der Waals surface area contributed by atoms with Crippen molar-refractivity contribution in [3.8, 4) is 23.7 Å². The molecule has 2 rings (SSSR count). The van der Waals surface area contributed by atoms with Crippen molar-refractivity contribution < 1.29 is 0 Å². The van der Waals surface area contributed by atoms with Crippen LogP contribution in [0.5, 0.6) is 0 Å². The van der Waals surface area contributed by atoms with Gasteiger partial charge in [-0.3, -0.25) is 4.98 Å². The average Bonchev–Trinajstić information content (AvgIpc) is 2.69. The topological polar surface area (TPSA) is 12.9 Å². The van der Waals surface area contributed by atoms with Crippen LogP contribution in [-0.4, -0.2) is 4.98 Å². The molecule has 28 heavy (non-hydrogen) atoms. The van der Waals surface area contributed by atoms with Gasteiger partial charge in [-0.15, -0.1) is 0 Å². The van der Waals surface area contributed by atoms with Crippen LogP contribution in [0.25, 0.3) is 11.1 Å². The van der Waals surface area contributed by atoms with Crippen LogP contribution in [0, 0.1) is 23.7 Å². The van der Waals surface area contributed by atoms with Gasteiger partial charge in [-0.25, -0.2) is 0 Å². The second kappa shape index (κ2) is 9.96. The van der Waals surface area contributed by atoms with Gasteiger partial charge in [-0.1, -0.05) is 85.4 Å². The van der Waals surface area contributed by atoms with Crippen molar-refractivity contribution in [1.29, 1.82) is 0 Å². The number of nitrogens with zero attached hydrogens (tertiary/aromatic N) is 1. The van der Waals surface area contributed by atoms with E-state index in [9.17, 15) is 0 Å². The Morgan fingerprint density at radius 2 is 1.79 bits per heavy atom. The van der Waals surface area contributed by atoms with Gasteiger partial charge in [0.25, 0.3) is 0 Å². The molecule has 1 aliphatic carbocycles. The molecule has 0 aromatic carbocycles. The molecule has 0 spiro atoms. The summed E-state index contributed by atoms with van der Waals surface area (Å²) in [5, 5.41) is 0. The standard InChI is InChI=1S/C27H25N/c1-20(2)9-10-21(3)11-14-23(5)26-8-7-19-28-27(26)24(6)15-18-25-16-12-22(4)13-17-25/h7-10,12,16,19H,1,3,5-6,13,17H2,2,4H3/b10-9-. The van der Waals surface area contributed by atoms with Crippen LogP contribution in [0.3, 0.4) is 0 Å². The van der Waals surface area contributed by atoms with Gasteiger partial charge in [-0.2, -0.15) is 0 Å². The number of rotatable bonds is 4. The van der Waals surface area contributed by atoms with E-state index in [2.05, 4.69) is 74.1 Å². The van der Waals surface area contributed by atoms with E-state index in [1.165, 1.54) is 5.57 Å². The lowest BCUT2D eigenvalue weighted by Crippen LogP contribution is -1.94. The van der Waals surface area contributed by atoms with Gasteiger partial charge in [0.1, 0.15) is 0 Å². The summed E-state index contributed by atoms with van der Waals surface area (Å²) >= 11 is 0. The fraction of sp³-hybridized carbons (Fsp3) is 0.148. The minimum absolute atomic E-state index is 0.659. The molecule has 0 radical (unpaired) electrons. The molecule has 1 aromatic rings. The third-order valence-electron chi connectivity index (χ3n) is 4.09. The number of hydrogen-bond donors (Lipinski definition) is 0. The van der Waals surface area contributed by atoms with E-state index < -0.39 is 0 Å². The highest BCUT2D eigenvalue weighted by atomic mass is 14.7. The van der Waals surface area contributed by atoms with Crippen molar-refractivity contribution in [1.82, 2.24) is 4.98 Å². The fourth-order valence-corrected chi connectivity index (χ4v) is 2.46. The molecule has 0 saturated carbocycles. The fourth-order valence-electron chi connectivity index (χ4n) is 2.46. The highest BCUT2D eigenvalue weighted by Gasteiger charge is 2.08. The Balaban J connectivity index is 2.21. The summed E-state index contributed by atoms with van der Waals surface area (Å²) in [7, 11) is 0. The van der Waals surface area contributed by atoms with Crippen LogP contribution in [0.2, 0.25) is 0 Å². The van der Waals surface area contributed by atoms with E-state index >= 15 is 0 Å². The summed E-state index contributed by atoms with van der Waals surface area (Å²) in [6, 6.07) is 3.80. The van der Waals surface area contributed by atoms with Gasteiger partial charge in [0.05, 0.1) is 5.69 Å². The predicted molar refractivity (Wildman–Crippen MR) is 122 cm³/mol. The van der Waals surface area contributed by atoms with Gasteiger partial charge in [0.15, 0.2) is 0 Å². The predicted octanol–water partition coefficient (Wildman–Crippen LogP) is 6.47. The quantitative estimate of drug-likeness (QED) is 0.441. The minimum Gasteiger partial charge on any atom is -0.255 e. The molecule has 0 saturated heterocycles. The monoisotopic (exact) mass is 363 g/mol. The molecule has 0 N–H and O–H groups in total. The zero-order valence-electron chi connectivity index (χ0n) is 16.7. The molecule has 0 amide bonds. The maximum Gasteiger partial charge on any atom is 0.0864 e. The van der Waals surface area contributed by atoms with Crippen molar-refractivity contribution in [3.05, 3.63) is 102 Å². The van der Waals surface area contributed by atoms with Crippen LogP contribution < -0.4 is 0 Å². The summed E-state index contributed by atoms with van der Waals surface area (Å²) in [6.07, 6.45) is 11.7. The lowest BCUT2D eigenvalue weighted by molar-refractivity contribution is 0.934. The zero-order chi connectivity index (χ0) is 20.5. The Labute approximate surface area is 169 Å².